The molecule has 0 bridgehead atoms. The molecule has 0 aromatic heterocycles. The van der Waals surface area contributed by atoms with Gasteiger partial charge in [0.25, 0.3) is 0 Å². The highest BCUT2D eigenvalue weighted by Gasteiger charge is 2.20. The normalized spacial score (nSPS) is 16.3. The van der Waals surface area contributed by atoms with Crippen LogP contribution in [0, 0.1) is 17.6 Å². The van der Waals surface area contributed by atoms with Crippen LogP contribution < -0.4 is 10.1 Å². The van der Waals surface area contributed by atoms with Crippen molar-refractivity contribution in [2.45, 2.75) is 19.3 Å². The summed E-state index contributed by atoms with van der Waals surface area (Å²) in [7, 11) is 0. The highest BCUT2D eigenvalue weighted by atomic mass is 19.1. The van der Waals surface area contributed by atoms with Crippen LogP contribution >= 0.6 is 0 Å². The number of piperidine rings is 1. The third kappa shape index (κ3) is 3.99. The van der Waals surface area contributed by atoms with Crippen LogP contribution in [0.4, 0.5) is 8.78 Å². The van der Waals surface area contributed by atoms with Gasteiger partial charge in [0.05, 0.1) is 6.61 Å². The fourth-order valence-corrected chi connectivity index (χ4v) is 2.20. The Bertz CT molecular complexity index is 445. The van der Waals surface area contributed by atoms with Gasteiger partial charge in [-0.15, -0.1) is 0 Å². The van der Waals surface area contributed by atoms with Crippen LogP contribution in [0.15, 0.2) is 18.2 Å². The van der Waals surface area contributed by atoms with Crippen molar-refractivity contribution in [3.8, 4) is 5.75 Å². The molecule has 1 aliphatic heterocycles. The first-order valence-corrected chi connectivity index (χ1v) is 6.48. The number of benzene rings is 1. The van der Waals surface area contributed by atoms with Gasteiger partial charge >= 0.3 is 0 Å². The van der Waals surface area contributed by atoms with Crippen LogP contribution in [0.1, 0.15) is 19.3 Å². The molecule has 0 amide bonds. The number of hydrogen-bond donors (Lipinski definition) is 1. The smallest absolute Gasteiger partial charge is 0.167 e. The lowest BCUT2D eigenvalue weighted by Crippen LogP contribution is -2.32. The molecule has 1 aromatic carbocycles. The van der Waals surface area contributed by atoms with Gasteiger partial charge in [0.2, 0.25) is 0 Å². The summed E-state index contributed by atoms with van der Waals surface area (Å²) in [6, 6.07) is 3.14. The fourth-order valence-electron chi connectivity index (χ4n) is 2.20. The largest absolute Gasteiger partial charge is 0.490 e. The molecule has 1 aromatic rings. The minimum atomic E-state index is -0.741. The molecule has 0 saturated carbocycles. The van der Waals surface area contributed by atoms with E-state index < -0.39 is 11.6 Å². The summed E-state index contributed by atoms with van der Waals surface area (Å²) in [6.45, 7) is 1.86. The van der Waals surface area contributed by atoms with E-state index in [1.165, 1.54) is 6.07 Å². The molecule has 1 saturated heterocycles. The minimum Gasteiger partial charge on any atom is -0.490 e. The zero-order chi connectivity index (χ0) is 13.7. The van der Waals surface area contributed by atoms with Crippen LogP contribution in [0.5, 0.6) is 5.75 Å². The van der Waals surface area contributed by atoms with Gasteiger partial charge in [-0.25, -0.2) is 8.78 Å². The number of carbonyl (C=O) groups excluding carboxylic acids is 1. The first-order valence-electron chi connectivity index (χ1n) is 6.48. The van der Waals surface area contributed by atoms with E-state index in [0.29, 0.717) is 0 Å². The average molecular weight is 269 g/mol. The molecule has 19 heavy (non-hydrogen) atoms. The second-order valence-corrected chi connectivity index (χ2v) is 4.66. The maximum absolute atomic E-state index is 13.3. The molecule has 0 spiro atoms. The van der Waals surface area contributed by atoms with Crippen molar-refractivity contribution in [2.75, 3.05) is 19.7 Å². The number of halogens is 2. The molecule has 1 aliphatic rings. The number of nitrogens with one attached hydrogen (secondary N) is 1. The molecule has 2 rings (SSSR count). The maximum atomic E-state index is 13.3. The fraction of sp³-hybridized carbons (Fsp3) is 0.500. The summed E-state index contributed by atoms with van der Waals surface area (Å²) in [5.74, 6) is -1.16. The molecule has 5 heteroatoms. The summed E-state index contributed by atoms with van der Waals surface area (Å²) in [6.07, 6.45) is 1.97. The molecule has 0 radical (unpaired) electrons. The van der Waals surface area contributed by atoms with Crippen molar-refractivity contribution in [1.82, 2.24) is 5.32 Å². The Morgan fingerprint density at radius 3 is 2.74 bits per heavy atom. The number of ether oxygens (including phenoxy) is 1. The van der Waals surface area contributed by atoms with Crippen LogP contribution in [0.3, 0.4) is 0 Å². The first-order chi connectivity index (χ1) is 9.16. The van der Waals surface area contributed by atoms with Crippen molar-refractivity contribution in [1.29, 1.82) is 0 Å². The molecule has 3 nitrogen and oxygen atoms in total. The van der Waals surface area contributed by atoms with Gasteiger partial charge in [0.1, 0.15) is 11.6 Å². The van der Waals surface area contributed by atoms with E-state index in [0.717, 1.165) is 38.1 Å². The average Bonchev–Trinajstić information content (AvgIpc) is 2.42. The Morgan fingerprint density at radius 1 is 1.32 bits per heavy atom. The summed E-state index contributed by atoms with van der Waals surface area (Å²) >= 11 is 0. The third-order valence-corrected chi connectivity index (χ3v) is 3.29. The predicted octanol–water partition coefficient (Wildman–Crippen LogP) is 2.30. The summed E-state index contributed by atoms with van der Waals surface area (Å²) in [4.78, 5) is 11.9. The molecule has 0 aliphatic carbocycles. The van der Waals surface area contributed by atoms with E-state index in [1.807, 2.05) is 0 Å². The Kier molecular flexibility index (Phi) is 4.85. The third-order valence-electron chi connectivity index (χ3n) is 3.29. The molecular weight excluding hydrogens is 252 g/mol. The quantitative estimate of drug-likeness (QED) is 0.891. The molecule has 0 unspecified atom stereocenters. The lowest BCUT2D eigenvalue weighted by Gasteiger charge is -2.21. The van der Waals surface area contributed by atoms with E-state index in [4.69, 9.17) is 4.74 Å². The molecule has 1 fully saturated rings. The van der Waals surface area contributed by atoms with Crippen molar-refractivity contribution >= 4 is 5.78 Å². The van der Waals surface area contributed by atoms with Crippen molar-refractivity contribution in [2.24, 2.45) is 5.92 Å². The molecule has 104 valence electrons. The molecule has 1 N–H and O–H groups in total. The maximum Gasteiger partial charge on any atom is 0.167 e. The predicted molar refractivity (Wildman–Crippen MR) is 67.1 cm³/mol. The molecule has 1 heterocycles. The Balaban J connectivity index is 1.78. The first kappa shape index (κ1) is 13.9. The standard InChI is InChI=1S/C14H17F2NO2/c15-11-1-2-14(12(16)9-11)19-8-5-13(18)10-3-6-17-7-4-10/h1-2,9-10,17H,3-8H2. The van der Waals surface area contributed by atoms with Crippen LogP contribution in [0.25, 0.3) is 0 Å². The zero-order valence-corrected chi connectivity index (χ0v) is 10.6. The summed E-state index contributed by atoms with van der Waals surface area (Å²) < 4.78 is 31.1. The molecular formula is C14H17F2NO2. The Morgan fingerprint density at radius 2 is 2.05 bits per heavy atom. The van der Waals surface area contributed by atoms with Crippen molar-refractivity contribution in [3.05, 3.63) is 29.8 Å². The lowest BCUT2D eigenvalue weighted by molar-refractivity contribution is -0.124. The van der Waals surface area contributed by atoms with E-state index in [-0.39, 0.29) is 30.5 Å². The highest BCUT2D eigenvalue weighted by Crippen LogP contribution is 2.19. The van der Waals surface area contributed by atoms with Gasteiger partial charge in [0, 0.05) is 18.4 Å². The van der Waals surface area contributed by atoms with Crippen molar-refractivity contribution < 1.29 is 18.3 Å². The lowest BCUT2D eigenvalue weighted by atomic mass is 9.92. The van der Waals surface area contributed by atoms with Crippen LogP contribution in [-0.2, 0) is 4.79 Å². The van der Waals surface area contributed by atoms with Gasteiger partial charge in [-0.1, -0.05) is 0 Å². The van der Waals surface area contributed by atoms with Crippen molar-refractivity contribution in [3.63, 3.8) is 0 Å². The number of ketones is 1. The number of carbonyl (C=O) groups is 1. The Hall–Kier alpha value is -1.49. The Labute approximate surface area is 111 Å². The second-order valence-electron chi connectivity index (χ2n) is 4.66. The van der Waals surface area contributed by atoms with Gasteiger partial charge in [-0.05, 0) is 38.1 Å². The van der Waals surface area contributed by atoms with E-state index in [9.17, 15) is 13.6 Å². The van der Waals surface area contributed by atoms with E-state index >= 15 is 0 Å². The topological polar surface area (TPSA) is 38.3 Å². The second kappa shape index (κ2) is 6.61. The summed E-state index contributed by atoms with van der Waals surface area (Å²) in [5.41, 5.74) is 0. The van der Waals surface area contributed by atoms with E-state index in [2.05, 4.69) is 5.32 Å². The zero-order valence-electron chi connectivity index (χ0n) is 10.6. The van der Waals surface area contributed by atoms with Crippen LogP contribution in [-0.4, -0.2) is 25.5 Å². The number of hydrogen-bond acceptors (Lipinski definition) is 3. The highest BCUT2D eigenvalue weighted by molar-refractivity contribution is 5.81. The van der Waals surface area contributed by atoms with Gasteiger partial charge in [-0.3, -0.25) is 4.79 Å². The van der Waals surface area contributed by atoms with E-state index in [1.54, 1.807) is 0 Å². The number of Topliss-reactive ketones (excluding diaryl/α,β-unsaturated/α-hetero) is 1. The monoisotopic (exact) mass is 269 g/mol. The SMILES string of the molecule is O=C(CCOc1ccc(F)cc1F)C1CCNCC1. The van der Waals surface area contributed by atoms with Gasteiger partial charge in [-0.2, -0.15) is 0 Å². The van der Waals surface area contributed by atoms with Crippen LogP contribution in [0.2, 0.25) is 0 Å². The van der Waals surface area contributed by atoms with Gasteiger partial charge < -0.3 is 10.1 Å². The molecule has 0 atom stereocenters. The number of rotatable bonds is 5. The van der Waals surface area contributed by atoms with Gasteiger partial charge in [0.15, 0.2) is 11.6 Å². The minimum absolute atomic E-state index is 0.0143. The summed E-state index contributed by atoms with van der Waals surface area (Å²) in [5, 5.41) is 3.20.